The lowest BCUT2D eigenvalue weighted by Crippen LogP contribution is -2.68. The van der Waals surface area contributed by atoms with Crippen molar-refractivity contribution < 1.29 is 14.6 Å². The number of pyridine rings is 1. The molecule has 6 heteroatoms. The van der Waals surface area contributed by atoms with E-state index in [1.54, 1.807) is 6.20 Å². The highest BCUT2D eigenvalue weighted by Crippen LogP contribution is 2.41. The van der Waals surface area contributed by atoms with Crippen LogP contribution in [-0.2, 0) is 16.1 Å². The molecule has 0 unspecified atom stereocenters. The summed E-state index contributed by atoms with van der Waals surface area (Å²) in [6.45, 7) is 3.94. The SMILES string of the molecule is CN1C[C@H](COCc2cccnc2)CC12CN(C(=O)CC1(O)CCC1)C2. The van der Waals surface area contributed by atoms with Gasteiger partial charge in [0.05, 0.1) is 30.8 Å². The molecule has 3 aliphatic rings. The van der Waals surface area contributed by atoms with Gasteiger partial charge >= 0.3 is 0 Å². The molecule has 1 aromatic heterocycles. The first-order valence-electron chi connectivity index (χ1n) is 9.66. The van der Waals surface area contributed by atoms with Crippen molar-refractivity contribution >= 4 is 5.91 Å². The number of carbonyl (C=O) groups excluding carboxylic acids is 1. The molecule has 6 nitrogen and oxygen atoms in total. The summed E-state index contributed by atoms with van der Waals surface area (Å²) >= 11 is 0. The highest BCUT2D eigenvalue weighted by molar-refractivity contribution is 5.78. The number of rotatable bonds is 6. The van der Waals surface area contributed by atoms with E-state index in [1.807, 2.05) is 23.2 Å². The Morgan fingerprint density at radius 1 is 1.42 bits per heavy atom. The van der Waals surface area contributed by atoms with E-state index >= 15 is 0 Å². The number of likely N-dealkylation sites (N-methyl/N-ethyl adjacent to an activating group) is 1. The van der Waals surface area contributed by atoms with Crippen LogP contribution in [0.25, 0.3) is 0 Å². The number of aliphatic hydroxyl groups is 1. The maximum absolute atomic E-state index is 12.4. The van der Waals surface area contributed by atoms with Gasteiger partial charge in [0.15, 0.2) is 0 Å². The lowest BCUT2D eigenvalue weighted by Gasteiger charge is -2.52. The van der Waals surface area contributed by atoms with Crippen LogP contribution in [0, 0.1) is 5.92 Å². The monoisotopic (exact) mass is 359 g/mol. The van der Waals surface area contributed by atoms with E-state index in [-0.39, 0.29) is 11.4 Å². The number of nitrogens with zero attached hydrogens (tertiary/aromatic N) is 3. The molecule has 1 spiro atoms. The van der Waals surface area contributed by atoms with Crippen molar-refractivity contribution in [2.24, 2.45) is 5.92 Å². The summed E-state index contributed by atoms with van der Waals surface area (Å²) in [5, 5.41) is 10.2. The fraction of sp³-hybridized carbons (Fsp3) is 0.700. The molecule has 142 valence electrons. The van der Waals surface area contributed by atoms with Crippen LogP contribution in [-0.4, -0.2) is 70.2 Å². The summed E-state index contributed by atoms with van der Waals surface area (Å²) in [7, 11) is 2.16. The molecule has 0 radical (unpaired) electrons. The summed E-state index contributed by atoms with van der Waals surface area (Å²) in [4.78, 5) is 20.8. The van der Waals surface area contributed by atoms with Crippen molar-refractivity contribution in [3.05, 3.63) is 30.1 Å². The topological polar surface area (TPSA) is 65.9 Å². The average Bonchev–Trinajstić information content (AvgIpc) is 2.89. The van der Waals surface area contributed by atoms with Crippen molar-refractivity contribution in [2.75, 3.05) is 33.3 Å². The Morgan fingerprint density at radius 3 is 2.88 bits per heavy atom. The van der Waals surface area contributed by atoms with Crippen LogP contribution in [0.2, 0.25) is 0 Å². The zero-order chi connectivity index (χ0) is 18.2. The second-order valence-electron chi connectivity index (χ2n) is 8.56. The molecule has 2 aliphatic heterocycles. The molecule has 1 amide bonds. The molecular weight excluding hydrogens is 330 g/mol. The largest absolute Gasteiger partial charge is 0.389 e. The van der Waals surface area contributed by atoms with Crippen LogP contribution in [0.15, 0.2) is 24.5 Å². The molecule has 3 heterocycles. The third kappa shape index (κ3) is 3.50. The Balaban J connectivity index is 1.22. The van der Waals surface area contributed by atoms with Crippen molar-refractivity contribution in [3.8, 4) is 0 Å². The predicted molar refractivity (Wildman–Crippen MR) is 97.4 cm³/mol. The number of hydrogen-bond donors (Lipinski definition) is 1. The van der Waals surface area contributed by atoms with Gasteiger partial charge in [0.1, 0.15) is 0 Å². The minimum absolute atomic E-state index is 0.111. The first-order chi connectivity index (χ1) is 12.5. The van der Waals surface area contributed by atoms with E-state index in [9.17, 15) is 9.90 Å². The smallest absolute Gasteiger partial charge is 0.225 e. The highest BCUT2D eigenvalue weighted by atomic mass is 16.5. The van der Waals surface area contributed by atoms with Crippen LogP contribution in [0.3, 0.4) is 0 Å². The summed E-state index contributed by atoms with van der Waals surface area (Å²) in [6.07, 6.45) is 7.56. The maximum atomic E-state index is 12.4. The summed E-state index contributed by atoms with van der Waals surface area (Å²) in [6, 6.07) is 3.96. The number of amides is 1. The van der Waals surface area contributed by atoms with Crippen LogP contribution in [0.4, 0.5) is 0 Å². The molecule has 26 heavy (non-hydrogen) atoms. The van der Waals surface area contributed by atoms with Gasteiger partial charge in [-0.2, -0.15) is 0 Å². The second-order valence-corrected chi connectivity index (χ2v) is 8.56. The molecule has 0 bridgehead atoms. The fourth-order valence-electron chi connectivity index (χ4n) is 4.64. The zero-order valence-corrected chi connectivity index (χ0v) is 15.6. The van der Waals surface area contributed by atoms with Crippen LogP contribution < -0.4 is 0 Å². The average molecular weight is 359 g/mol. The van der Waals surface area contributed by atoms with Gasteiger partial charge in [-0.15, -0.1) is 0 Å². The number of aromatic nitrogens is 1. The fourth-order valence-corrected chi connectivity index (χ4v) is 4.64. The Bertz CT molecular complexity index is 641. The molecular formula is C20H29N3O3. The summed E-state index contributed by atoms with van der Waals surface area (Å²) in [5.74, 6) is 0.618. The Labute approximate surface area is 155 Å². The van der Waals surface area contributed by atoms with Crippen molar-refractivity contribution in [3.63, 3.8) is 0 Å². The molecule has 2 saturated heterocycles. The van der Waals surface area contributed by atoms with Crippen LogP contribution in [0.1, 0.15) is 37.7 Å². The lowest BCUT2D eigenvalue weighted by atomic mass is 9.76. The third-order valence-corrected chi connectivity index (χ3v) is 6.44. The van der Waals surface area contributed by atoms with E-state index in [1.165, 1.54) is 0 Å². The number of likely N-dealkylation sites (tertiary alicyclic amines) is 2. The van der Waals surface area contributed by atoms with Gasteiger partial charge in [0, 0.05) is 32.0 Å². The molecule has 4 rings (SSSR count). The molecule has 1 N–H and O–H groups in total. The normalized spacial score (nSPS) is 26.5. The van der Waals surface area contributed by atoms with E-state index in [0.29, 0.717) is 18.9 Å². The standard InChI is InChI=1S/C20H29N3O3/c1-22-11-17(13-26-12-16-4-2-7-21-10-16)8-19(22)14-23(15-19)18(24)9-20(25)5-3-6-20/h2,4,7,10,17,25H,3,5-6,8-9,11-15H2,1H3/t17-/m1/s1. The van der Waals surface area contributed by atoms with Gasteiger partial charge < -0.3 is 14.7 Å². The van der Waals surface area contributed by atoms with Gasteiger partial charge in [0.2, 0.25) is 5.91 Å². The quantitative estimate of drug-likeness (QED) is 0.832. The Morgan fingerprint density at radius 2 is 2.23 bits per heavy atom. The van der Waals surface area contributed by atoms with Crippen LogP contribution >= 0.6 is 0 Å². The van der Waals surface area contributed by atoms with Crippen molar-refractivity contribution in [1.82, 2.24) is 14.8 Å². The summed E-state index contributed by atoms with van der Waals surface area (Å²) in [5.41, 5.74) is 0.493. The lowest BCUT2D eigenvalue weighted by molar-refractivity contribution is -0.152. The van der Waals surface area contributed by atoms with Gasteiger partial charge in [-0.05, 0) is 50.3 Å². The molecule has 1 atom stereocenters. The first-order valence-corrected chi connectivity index (χ1v) is 9.66. The van der Waals surface area contributed by atoms with E-state index in [2.05, 4.69) is 16.9 Å². The first kappa shape index (κ1) is 17.9. The van der Waals surface area contributed by atoms with Crippen molar-refractivity contribution in [1.29, 1.82) is 0 Å². The van der Waals surface area contributed by atoms with E-state index in [0.717, 1.165) is 57.5 Å². The van der Waals surface area contributed by atoms with Gasteiger partial charge in [0.25, 0.3) is 0 Å². The van der Waals surface area contributed by atoms with E-state index in [4.69, 9.17) is 4.74 Å². The maximum Gasteiger partial charge on any atom is 0.225 e. The number of hydrogen-bond acceptors (Lipinski definition) is 5. The minimum Gasteiger partial charge on any atom is -0.389 e. The predicted octanol–water partition coefficient (Wildman–Crippen LogP) is 1.44. The van der Waals surface area contributed by atoms with Crippen molar-refractivity contribution in [2.45, 2.75) is 49.9 Å². The summed E-state index contributed by atoms with van der Waals surface area (Å²) < 4.78 is 5.90. The third-order valence-electron chi connectivity index (χ3n) is 6.44. The van der Waals surface area contributed by atoms with Crippen LogP contribution in [0.5, 0.6) is 0 Å². The molecule has 1 saturated carbocycles. The van der Waals surface area contributed by atoms with Gasteiger partial charge in [-0.3, -0.25) is 14.7 Å². The number of ether oxygens (including phenoxy) is 1. The zero-order valence-electron chi connectivity index (χ0n) is 15.6. The molecule has 3 fully saturated rings. The Hall–Kier alpha value is -1.50. The highest BCUT2D eigenvalue weighted by Gasteiger charge is 2.53. The van der Waals surface area contributed by atoms with Gasteiger partial charge in [-0.1, -0.05) is 6.07 Å². The molecule has 1 aromatic rings. The number of carbonyl (C=O) groups is 1. The van der Waals surface area contributed by atoms with Gasteiger partial charge in [-0.25, -0.2) is 0 Å². The van der Waals surface area contributed by atoms with E-state index < -0.39 is 5.60 Å². The minimum atomic E-state index is -0.718. The molecule has 1 aliphatic carbocycles. The Kier molecular flexibility index (Phi) is 4.75. The second kappa shape index (κ2) is 6.91. The molecule has 0 aromatic carbocycles.